The molecule has 0 bridgehead atoms. The Morgan fingerprint density at radius 3 is 2.95 bits per heavy atom. The second-order valence-corrected chi connectivity index (χ2v) is 5.40. The molecule has 1 fully saturated rings. The van der Waals surface area contributed by atoms with Gasteiger partial charge in [-0.05, 0) is 44.5 Å². The first kappa shape index (κ1) is 13.3. The molecule has 2 aromatic heterocycles. The Morgan fingerprint density at radius 2 is 2.20 bits per heavy atom. The average molecular weight is 270 g/mol. The molecule has 1 saturated heterocycles. The van der Waals surface area contributed by atoms with Crippen LogP contribution in [0.15, 0.2) is 36.7 Å². The topological polar surface area (TPSA) is 34.0 Å². The number of pyridine rings is 1. The van der Waals surface area contributed by atoms with Gasteiger partial charge in [-0.15, -0.1) is 0 Å². The summed E-state index contributed by atoms with van der Waals surface area (Å²) < 4.78 is 2.00. The Kier molecular flexibility index (Phi) is 4.11. The van der Waals surface area contributed by atoms with Crippen LogP contribution in [-0.4, -0.2) is 26.2 Å². The maximum atomic E-state index is 4.61. The predicted octanol–water partition coefficient (Wildman–Crippen LogP) is 3.03. The van der Waals surface area contributed by atoms with Gasteiger partial charge in [0.1, 0.15) is 0 Å². The molecule has 0 radical (unpaired) electrons. The molecule has 4 nitrogen and oxygen atoms in total. The molecule has 0 aliphatic carbocycles. The summed E-state index contributed by atoms with van der Waals surface area (Å²) >= 11 is 0. The fraction of sp³-hybridized carbons (Fsp3) is 0.500. The van der Waals surface area contributed by atoms with Gasteiger partial charge in [-0.3, -0.25) is 14.6 Å². The second-order valence-electron chi connectivity index (χ2n) is 5.40. The fourth-order valence-corrected chi connectivity index (χ4v) is 2.96. The SMILES string of the molecule is CCn1ccc(CN2CCCC[C@@H]2c2ccccn2)n1. The Labute approximate surface area is 120 Å². The van der Waals surface area contributed by atoms with E-state index in [0.717, 1.165) is 25.3 Å². The minimum Gasteiger partial charge on any atom is -0.289 e. The first-order valence-electron chi connectivity index (χ1n) is 7.54. The number of piperidine rings is 1. The Bertz CT molecular complexity index is 534. The first-order valence-corrected chi connectivity index (χ1v) is 7.54. The third kappa shape index (κ3) is 2.90. The summed E-state index contributed by atoms with van der Waals surface area (Å²) in [4.78, 5) is 7.07. The van der Waals surface area contributed by atoms with Crippen LogP contribution in [0.2, 0.25) is 0 Å². The molecule has 0 amide bonds. The van der Waals surface area contributed by atoms with Crippen LogP contribution >= 0.6 is 0 Å². The lowest BCUT2D eigenvalue weighted by molar-refractivity contribution is 0.135. The number of hydrogen-bond donors (Lipinski definition) is 0. The molecule has 1 aliphatic heterocycles. The third-order valence-corrected chi connectivity index (χ3v) is 4.03. The lowest BCUT2D eigenvalue weighted by atomic mass is 9.98. The van der Waals surface area contributed by atoms with Crippen molar-refractivity contribution >= 4 is 0 Å². The average Bonchev–Trinajstić information content (AvgIpc) is 2.96. The van der Waals surface area contributed by atoms with E-state index in [1.807, 2.05) is 16.9 Å². The highest BCUT2D eigenvalue weighted by atomic mass is 15.3. The van der Waals surface area contributed by atoms with Gasteiger partial charge in [0.25, 0.3) is 0 Å². The summed E-state index contributed by atoms with van der Waals surface area (Å²) in [5.41, 5.74) is 2.36. The summed E-state index contributed by atoms with van der Waals surface area (Å²) in [6.07, 6.45) is 7.73. The smallest absolute Gasteiger partial charge is 0.0765 e. The van der Waals surface area contributed by atoms with Gasteiger partial charge in [-0.1, -0.05) is 12.5 Å². The Balaban J connectivity index is 1.75. The molecule has 1 aliphatic rings. The van der Waals surface area contributed by atoms with Crippen LogP contribution in [-0.2, 0) is 13.1 Å². The highest BCUT2D eigenvalue weighted by molar-refractivity contribution is 5.10. The minimum atomic E-state index is 0.441. The predicted molar refractivity (Wildman–Crippen MR) is 79.1 cm³/mol. The van der Waals surface area contributed by atoms with Gasteiger partial charge in [-0.25, -0.2) is 0 Å². The van der Waals surface area contributed by atoms with Crippen molar-refractivity contribution in [1.82, 2.24) is 19.7 Å². The van der Waals surface area contributed by atoms with Crippen LogP contribution < -0.4 is 0 Å². The fourth-order valence-electron chi connectivity index (χ4n) is 2.96. The van der Waals surface area contributed by atoms with Crippen LogP contribution in [0.25, 0.3) is 0 Å². The molecular weight excluding hydrogens is 248 g/mol. The molecule has 0 spiro atoms. The number of likely N-dealkylation sites (tertiary alicyclic amines) is 1. The molecule has 3 heterocycles. The summed E-state index contributed by atoms with van der Waals surface area (Å²) in [6.45, 7) is 5.12. The molecule has 0 saturated carbocycles. The molecule has 0 aromatic carbocycles. The second kappa shape index (κ2) is 6.18. The summed E-state index contributed by atoms with van der Waals surface area (Å²) in [6, 6.07) is 8.79. The van der Waals surface area contributed by atoms with Crippen molar-refractivity contribution in [3.63, 3.8) is 0 Å². The van der Waals surface area contributed by atoms with Crippen LogP contribution in [0.3, 0.4) is 0 Å². The van der Waals surface area contributed by atoms with Crippen LogP contribution in [0.1, 0.15) is 43.6 Å². The molecule has 4 heteroatoms. The standard InChI is InChI=1S/C16H22N4/c1-2-20-12-9-14(18-20)13-19-11-6-4-8-16(19)15-7-3-5-10-17-15/h3,5,7,9-10,12,16H,2,4,6,8,11,13H2,1H3/t16-/m1/s1. The van der Waals surface area contributed by atoms with Crippen molar-refractivity contribution < 1.29 is 0 Å². The van der Waals surface area contributed by atoms with E-state index >= 15 is 0 Å². The molecular formula is C16H22N4. The number of aromatic nitrogens is 3. The van der Waals surface area contributed by atoms with Gasteiger partial charge in [0.15, 0.2) is 0 Å². The molecule has 2 aromatic rings. The van der Waals surface area contributed by atoms with Gasteiger partial charge in [-0.2, -0.15) is 5.10 Å². The minimum absolute atomic E-state index is 0.441. The third-order valence-electron chi connectivity index (χ3n) is 4.03. The van der Waals surface area contributed by atoms with Crippen molar-refractivity contribution in [3.8, 4) is 0 Å². The van der Waals surface area contributed by atoms with E-state index in [1.54, 1.807) is 0 Å². The molecule has 20 heavy (non-hydrogen) atoms. The van der Waals surface area contributed by atoms with Crippen molar-refractivity contribution in [1.29, 1.82) is 0 Å². The zero-order valence-corrected chi connectivity index (χ0v) is 12.1. The van der Waals surface area contributed by atoms with Gasteiger partial charge in [0.2, 0.25) is 0 Å². The summed E-state index contributed by atoms with van der Waals surface area (Å²) in [5, 5.41) is 4.61. The van der Waals surface area contributed by atoms with Crippen molar-refractivity contribution in [3.05, 3.63) is 48.0 Å². The monoisotopic (exact) mass is 270 g/mol. The Hall–Kier alpha value is -1.68. The molecule has 106 valence electrons. The molecule has 0 N–H and O–H groups in total. The maximum Gasteiger partial charge on any atom is 0.0765 e. The Morgan fingerprint density at radius 1 is 1.25 bits per heavy atom. The van der Waals surface area contributed by atoms with Crippen molar-refractivity contribution in [2.75, 3.05) is 6.54 Å². The largest absolute Gasteiger partial charge is 0.289 e. The number of hydrogen-bond acceptors (Lipinski definition) is 3. The number of aryl methyl sites for hydroxylation is 1. The van der Waals surface area contributed by atoms with E-state index in [0.29, 0.717) is 6.04 Å². The van der Waals surface area contributed by atoms with Gasteiger partial charge >= 0.3 is 0 Å². The van der Waals surface area contributed by atoms with Crippen molar-refractivity contribution in [2.24, 2.45) is 0 Å². The lowest BCUT2D eigenvalue weighted by Gasteiger charge is -2.34. The first-order chi connectivity index (χ1) is 9.86. The number of nitrogens with zero attached hydrogens (tertiary/aromatic N) is 4. The van der Waals surface area contributed by atoms with E-state index in [-0.39, 0.29) is 0 Å². The van der Waals surface area contributed by atoms with Gasteiger partial charge in [0.05, 0.1) is 17.4 Å². The van der Waals surface area contributed by atoms with Crippen LogP contribution in [0.5, 0.6) is 0 Å². The van der Waals surface area contributed by atoms with Gasteiger partial charge in [0, 0.05) is 25.5 Å². The van der Waals surface area contributed by atoms with Gasteiger partial charge < -0.3 is 0 Å². The normalized spacial score (nSPS) is 20.1. The quantitative estimate of drug-likeness (QED) is 0.856. The van der Waals surface area contributed by atoms with E-state index in [9.17, 15) is 0 Å². The molecule has 0 unspecified atom stereocenters. The van der Waals surface area contributed by atoms with Crippen LogP contribution in [0, 0.1) is 0 Å². The molecule has 3 rings (SSSR count). The summed E-state index contributed by atoms with van der Waals surface area (Å²) in [7, 11) is 0. The van der Waals surface area contributed by atoms with E-state index in [4.69, 9.17) is 0 Å². The van der Waals surface area contributed by atoms with Crippen LogP contribution in [0.4, 0.5) is 0 Å². The van der Waals surface area contributed by atoms with Crippen molar-refractivity contribution in [2.45, 2.75) is 45.3 Å². The lowest BCUT2D eigenvalue weighted by Crippen LogP contribution is -2.33. The van der Waals surface area contributed by atoms with E-state index in [2.05, 4.69) is 46.3 Å². The zero-order chi connectivity index (χ0) is 13.8. The zero-order valence-electron chi connectivity index (χ0n) is 12.1. The summed E-state index contributed by atoms with van der Waals surface area (Å²) in [5.74, 6) is 0. The number of rotatable bonds is 4. The highest BCUT2D eigenvalue weighted by Gasteiger charge is 2.25. The van der Waals surface area contributed by atoms with E-state index < -0.39 is 0 Å². The highest BCUT2D eigenvalue weighted by Crippen LogP contribution is 2.30. The maximum absolute atomic E-state index is 4.61. The van der Waals surface area contributed by atoms with E-state index in [1.165, 1.54) is 25.0 Å². The molecule has 1 atom stereocenters.